The Kier molecular flexibility index (Phi) is 5.95. The van der Waals surface area contributed by atoms with Crippen LogP contribution >= 0.6 is 0 Å². The van der Waals surface area contributed by atoms with Gasteiger partial charge in [-0.3, -0.25) is 14.6 Å². The summed E-state index contributed by atoms with van der Waals surface area (Å²) in [5.74, 6) is -4.06. The molecule has 0 aliphatic rings. The summed E-state index contributed by atoms with van der Waals surface area (Å²) in [5.41, 5.74) is 1.76. The monoisotopic (exact) mass is 427 g/mol. The van der Waals surface area contributed by atoms with Crippen LogP contribution in [0.3, 0.4) is 0 Å². The van der Waals surface area contributed by atoms with E-state index in [-0.39, 0.29) is 29.0 Å². The van der Waals surface area contributed by atoms with E-state index in [9.17, 15) is 18.4 Å². The summed E-state index contributed by atoms with van der Waals surface area (Å²) in [7, 11) is 0. The summed E-state index contributed by atoms with van der Waals surface area (Å²) >= 11 is 0. The zero-order chi connectivity index (χ0) is 22.8. The minimum atomic E-state index is -3.22. The standard InChI is InChI=1S/C20H19F2N7O2/c1-10-5-18(29-19(26-10)20(4,21)22)28-14-6-17(27-12(3)31)25-7-13(14)16-9-23-15(8-24-16)11(2)30/h5-9H,1-4H3,(H2,25,26,27,28,29,31). The molecule has 0 atom stereocenters. The SMILES string of the molecule is CC(=O)Nc1cc(Nc2cc(C)nc(C(C)(F)F)n2)c(-c2cnc(C(C)=O)cn2)cn1. The Morgan fingerprint density at radius 3 is 2.29 bits per heavy atom. The zero-order valence-corrected chi connectivity index (χ0v) is 17.2. The van der Waals surface area contributed by atoms with Gasteiger partial charge in [-0.05, 0) is 6.92 Å². The van der Waals surface area contributed by atoms with Crippen molar-refractivity contribution in [1.29, 1.82) is 0 Å². The lowest BCUT2D eigenvalue weighted by Gasteiger charge is -2.15. The first-order valence-electron chi connectivity index (χ1n) is 9.15. The van der Waals surface area contributed by atoms with E-state index in [2.05, 4.69) is 35.6 Å². The van der Waals surface area contributed by atoms with Gasteiger partial charge in [0.2, 0.25) is 11.7 Å². The van der Waals surface area contributed by atoms with Gasteiger partial charge in [-0.1, -0.05) is 0 Å². The highest BCUT2D eigenvalue weighted by molar-refractivity contribution is 5.92. The average Bonchev–Trinajstić information content (AvgIpc) is 2.67. The quantitative estimate of drug-likeness (QED) is 0.572. The predicted molar refractivity (Wildman–Crippen MR) is 109 cm³/mol. The molecule has 0 aliphatic heterocycles. The molecule has 0 bridgehead atoms. The maximum Gasteiger partial charge on any atom is 0.303 e. The minimum absolute atomic E-state index is 0.124. The van der Waals surface area contributed by atoms with Crippen molar-refractivity contribution in [3.05, 3.63) is 47.9 Å². The smallest absolute Gasteiger partial charge is 0.303 e. The summed E-state index contributed by atoms with van der Waals surface area (Å²) in [4.78, 5) is 43.0. The average molecular weight is 427 g/mol. The molecule has 0 unspecified atom stereocenters. The third kappa shape index (κ3) is 5.38. The third-order valence-corrected chi connectivity index (χ3v) is 4.01. The van der Waals surface area contributed by atoms with Crippen LogP contribution in [0.4, 0.5) is 26.1 Å². The van der Waals surface area contributed by atoms with Crippen LogP contribution in [-0.4, -0.2) is 36.6 Å². The van der Waals surface area contributed by atoms with Crippen LogP contribution in [-0.2, 0) is 10.7 Å². The summed E-state index contributed by atoms with van der Waals surface area (Å²) in [5, 5.41) is 5.52. The number of nitrogens with one attached hydrogen (secondary N) is 2. The van der Waals surface area contributed by atoms with E-state index >= 15 is 0 Å². The largest absolute Gasteiger partial charge is 0.339 e. The summed E-state index contributed by atoms with van der Waals surface area (Å²) in [6, 6.07) is 3.01. The fourth-order valence-electron chi connectivity index (χ4n) is 2.63. The van der Waals surface area contributed by atoms with Crippen molar-refractivity contribution in [3.8, 4) is 11.3 Å². The first-order chi connectivity index (χ1) is 14.5. The Balaban J connectivity index is 2.07. The number of hydrogen-bond donors (Lipinski definition) is 2. The van der Waals surface area contributed by atoms with E-state index in [4.69, 9.17) is 0 Å². The lowest BCUT2D eigenvalue weighted by Crippen LogP contribution is -2.14. The molecule has 3 rings (SSSR count). The number of nitrogens with zero attached hydrogens (tertiary/aromatic N) is 5. The number of anilines is 3. The van der Waals surface area contributed by atoms with Gasteiger partial charge < -0.3 is 10.6 Å². The maximum absolute atomic E-state index is 13.8. The molecular formula is C20H19F2N7O2. The second-order valence-corrected chi connectivity index (χ2v) is 6.87. The van der Waals surface area contributed by atoms with Crippen molar-refractivity contribution in [2.24, 2.45) is 0 Å². The molecule has 0 aliphatic carbocycles. The van der Waals surface area contributed by atoms with Crippen LogP contribution in [0.5, 0.6) is 0 Å². The van der Waals surface area contributed by atoms with Gasteiger partial charge in [-0.25, -0.2) is 19.9 Å². The highest BCUT2D eigenvalue weighted by atomic mass is 19.3. The molecule has 0 aromatic carbocycles. The molecule has 9 nitrogen and oxygen atoms in total. The number of aromatic nitrogens is 5. The van der Waals surface area contributed by atoms with Crippen LogP contribution in [0.1, 0.15) is 42.8 Å². The normalized spacial score (nSPS) is 11.2. The minimum Gasteiger partial charge on any atom is -0.339 e. The Labute approximate surface area is 176 Å². The number of ketones is 1. The van der Waals surface area contributed by atoms with Crippen molar-refractivity contribution >= 4 is 29.0 Å². The highest BCUT2D eigenvalue weighted by Crippen LogP contribution is 2.31. The Hall–Kier alpha value is -3.89. The lowest BCUT2D eigenvalue weighted by molar-refractivity contribution is -0.114. The number of halogens is 2. The van der Waals surface area contributed by atoms with E-state index < -0.39 is 11.7 Å². The lowest BCUT2D eigenvalue weighted by atomic mass is 10.1. The van der Waals surface area contributed by atoms with Crippen LogP contribution in [0.25, 0.3) is 11.3 Å². The van der Waals surface area contributed by atoms with Gasteiger partial charge in [0.25, 0.3) is 0 Å². The van der Waals surface area contributed by atoms with Crippen molar-refractivity contribution in [2.75, 3.05) is 10.6 Å². The van der Waals surface area contributed by atoms with E-state index in [1.165, 1.54) is 44.6 Å². The van der Waals surface area contributed by atoms with E-state index in [1.807, 2.05) is 0 Å². The molecule has 0 fully saturated rings. The van der Waals surface area contributed by atoms with Crippen molar-refractivity contribution in [3.63, 3.8) is 0 Å². The number of rotatable bonds is 6. The molecule has 1 amide bonds. The zero-order valence-electron chi connectivity index (χ0n) is 17.2. The van der Waals surface area contributed by atoms with Crippen LogP contribution in [0, 0.1) is 6.92 Å². The second-order valence-electron chi connectivity index (χ2n) is 6.87. The molecule has 0 saturated heterocycles. The number of hydrogen-bond acceptors (Lipinski definition) is 8. The first kappa shape index (κ1) is 21.8. The second kappa shape index (κ2) is 8.46. The first-order valence-corrected chi connectivity index (χ1v) is 9.15. The molecule has 3 aromatic rings. The van der Waals surface area contributed by atoms with Gasteiger partial charge in [-0.15, -0.1) is 0 Å². The highest BCUT2D eigenvalue weighted by Gasteiger charge is 2.29. The fourth-order valence-corrected chi connectivity index (χ4v) is 2.63. The molecule has 0 radical (unpaired) electrons. The van der Waals surface area contributed by atoms with Gasteiger partial charge >= 0.3 is 5.92 Å². The van der Waals surface area contributed by atoms with Crippen molar-refractivity contribution < 1.29 is 18.4 Å². The summed E-state index contributed by atoms with van der Waals surface area (Å²) < 4.78 is 27.5. The molecule has 0 spiro atoms. The Morgan fingerprint density at radius 1 is 0.968 bits per heavy atom. The van der Waals surface area contributed by atoms with E-state index in [0.29, 0.717) is 29.6 Å². The number of amides is 1. The third-order valence-electron chi connectivity index (χ3n) is 4.01. The number of carbonyl (C=O) groups is 2. The predicted octanol–water partition coefficient (Wildman–Crippen LogP) is 3.65. The molecule has 2 N–H and O–H groups in total. The topological polar surface area (TPSA) is 123 Å². The van der Waals surface area contributed by atoms with Gasteiger partial charge in [-0.2, -0.15) is 8.78 Å². The fraction of sp³-hybridized carbons (Fsp3) is 0.250. The maximum atomic E-state index is 13.8. The molecule has 3 aromatic heterocycles. The molecule has 31 heavy (non-hydrogen) atoms. The summed E-state index contributed by atoms with van der Waals surface area (Å²) in [6.07, 6.45) is 4.16. The number of Topliss-reactive ketones (excluding diaryl/α,β-unsaturated/α-hetero) is 1. The van der Waals surface area contributed by atoms with E-state index in [1.54, 1.807) is 6.92 Å². The van der Waals surface area contributed by atoms with Crippen molar-refractivity contribution in [2.45, 2.75) is 33.6 Å². The molecule has 160 valence electrons. The molecule has 0 saturated carbocycles. The number of alkyl halides is 2. The van der Waals surface area contributed by atoms with Crippen LogP contribution in [0.2, 0.25) is 0 Å². The van der Waals surface area contributed by atoms with Gasteiger partial charge in [0.15, 0.2) is 5.78 Å². The van der Waals surface area contributed by atoms with Gasteiger partial charge in [0.05, 0.1) is 23.8 Å². The number of aryl methyl sites for hydroxylation is 1. The number of pyridine rings is 1. The Bertz CT molecular complexity index is 1150. The molecule has 3 heterocycles. The Morgan fingerprint density at radius 2 is 1.71 bits per heavy atom. The van der Waals surface area contributed by atoms with Gasteiger partial charge in [0, 0.05) is 50.4 Å². The van der Waals surface area contributed by atoms with Gasteiger partial charge in [0.1, 0.15) is 17.3 Å². The summed E-state index contributed by atoms with van der Waals surface area (Å²) in [6.45, 7) is 4.99. The van der Waals surface area contributed by atoms with Crippen molar-refractivity contribution in [1.82, 2.24) is 24.9 Å². The van der Waals surface area contributed by atoms with Crippen LogP contribution in [0.15, 0.2) is 30.7 Å². The molecular weight excluding hydrogens is 408 g/mol. The molecule has 11 heteroatoms. The van der Waals surface area contributed by atoms with Crippen LogP contribution < -0.4 is 10.6 Å². The van der Waals surface area contributed by atoms with E-state index in [0.717, 1.165) is 0 Å². The number of carbonyl (C=O) groups excluding carboxylic acids is 2.